The minimum absolute atomic E-state index is 0.0189. The minimum atomic E-state index is -3.89. The highest BCUT2D eigenvalue weighted by Gasteiger charge is 2.26. The quantitative estimate of drug-likeness (QED) is 0.625. The fourth-order valence-electron chi connectivity index (χ4n) is 1.08. The molecule has 0 bridgehead atoms. The molecule has 0 aromatic heterocycles. The van der Waals surface area contributed by atoms with Gasteiger partial charge in [-0.25, -0.2) is 13.2 Å². The molecular formula is C10H8INO4S. The standard InChI is InChI=1S/C10H8INO4S/c1-2-9(12-10(13)14)17(15,16)8-5-3-7(11)4-6-8/h1,3-6,9,12H,(H,13,14). The summed E-state index contributed by atoms with van der Waals surface area (Å²) >= 11 is 2.03. The molecule has 1 aromatic rings. The number of sulfone groups is 1. The Morgan fingerprint density at radius 3 is 2.35 bits per heavy atom. The molecule has 1 atom stereocenters. The number of carboxylic acid groups (broad SMARTS) is 1. The third-order valence-corrected chi connectivity index (χ3v) is 4.38. The lowest BCUT2D eigenvalue weighted by atomic mass is 10.4. The third kappa shape index (κ3) is 3.34. The zero-order valence-electron chi connectivity index (χ0n) is 8.42. The number of benzene rings is 1. The first-order valence-corrected chi connectivity index (χ1v) is 6.95. The number of rotatable bonds is 3. The number of hydrogen-bond donors (Lipinski definition) is 2. The molecule has 2 N–H and O–H groups in total. The number of halogens is 1. The van der Waals surface area contributed by atoms with E-state index < -0.39 is 21.3 Å². The summed E-state index contributed by atoms with van der Waals surface area (Å²) < 4.78 is 24.7. The SMILES string of the molecule is C#CC(NC(=O)O)S(=O)(=O)c1ccc(I)cc1. The number of hydrogen-bond acceptors (Lipinski definition) is 3. The van der Waals surface area contributed by atoms with Gasteiger partial charge in [0.25, 0.3) is 0 Å². The van der Waals surface area contributed by atoms with Crippen LogP contribution in [0.3, 0.4) is 0 Å². The van der Waals surface area contributed by atoms with Crippen molar-refractivity contribution in [1.29, 1.82) is 0 Å². The van der Waals surface area contributed by atoms with Crippen molar-refractivity contribution < 1.29 is 18.3 Å². The lowest BCUT2D eigenvalue weighted by molar-refractivity contribution is 0.194. The highest BCUT2D eigenvalue weighted by molar-refractivity contribution is 14.1. The van der Waals surface area contributed by atoms with Gasteiger partial charge in [-0.05, 0) is 46.9 Å². The van der Waals surface area contributed by atoms with Crippen molar-refractivity contribution in [3.63, 3.8) is 0 Å². The Labute approximate surface area is 112 Å². The van der Waals surface area contributed by atoms with Gasteiger partial charge in [-0.2, -0.15) is 0 Å². The summed E-state index contributed by atoms with van der Waals surface area (Å²) in [6.45, 7) is 0. The van der Waals surface area contributed by atoms with Crippen LogP contribution in [0.2, 0.25) is 0 Å². The number of carbonyl (C=O) groups is 1. The molecule has 1 unspecified atom stereocenters. The Morgan fingerprint density at radius 1 is 1.41 bits per heavy atom. The normalized spacial score (nSPS) is 12.5. The molecule has 17 heavy (non-hydrogen) atoms. The van der Waals surface area contributed by atoms with E-state index in [1.807, 2.05) is 28.5 Å². The van der Waals surface area contributed by atoms with Crippen molar-refractivity contribution in [2.24, 2.45) is 0 Å². The molecule has 0 saturated heterocycles. The maximum absolute atomic E-state index is 11.9. The van der Waals surface area contributed by atoms with Crippen LogP contribution in [0, 0.1) is 15.9 Å². The van der Waals surface area contributed by atoms with E-state index in [4.69, 9.17) is 11.5 Å². The van der Waals surface area contributed by atoms with Crippen LogP contribution in [-0.4, -0.2) is 25.0 Å². The van der Waals surface area contributed by atoms with E-state index in [0.29, 0.717) is 0 Å². The molecule has 0 aliphatic carbocycles. The maximum Gasteiger partial charge on any atom is 0.406 e. The predicted octanol–water partition coefficient (Wildman–Crippen LogP) is 1.29. The van der Waals surface area contributed by atoms with E-state index in [0.717, 1.165) is 3.57 Å². The van der Waals surface area contributed by atoms with Gasteiger partial charge in [0.05, 0.1) is 4.90 Å². The van der Waals surface area contributed by atoms with Gasteiger partial charge in [0.1, 0.15) is 0 Å². The van der Waals surface area contributed by atoms with Gasteiger partial charge >= 0.3 is 6.09 Å². The van der Waals surface area contributed by atoms with Crippen molar-refractivity contribution in [2.75, 3.05) is 0 Å². The molecule has 0 fully saturated rings. The van der Waals surface area contributed by atoms with Crippen LogP contribution in [0.5, 0.6) is 0 Å². The molecular weight excluding hydrogens is 357 g/mol. The molecule has 7 heteroatoms. The summed E-state index contributed by atoms with van der Waals surface area (Å²) in [5, 5.41) is 8.69. The molecule has 1 rings (SSSR count). The maximum atomic E-state index is 11.9. The van der Waals surface area contributed by atoms with Crippen LogP contribution in [0.1, 0.15) is 0 Å². The average Bonchev–Trinajstić information content (AvgIpc) is 2.26. The highest BCUT2D eigenvalue weighted by atomic mass is 127. The van der Waals surface area contributed by atoms with Crippen LogP contribution >= 0.6 is 22.6 Å². The molecule has 0 spiro atoms. The number of terminal acetylenes is 1. The Kier molecular flexibility index (Phi) is 4.36. The minimum Gasteiger partial charge on any atom is -0.465 e. The lowest BCUT2D eigenvalue weighted by Crippen LogP contribution is -2.38. The zero-order valence-corrected chi connectivity index (χ0v) is 11.4. The van der Waals surface area contributed by atoms with E-state index in [1.165, 1.54) is 12.1 Å². The largest absolute Gasteiger partial charge is 0.465 e. The van der Waals surface area contributed by atoms with Crippen LogP contribution in [0.25, 0.3) is 0 Å². The van der Waals surface area contributed by atoms with Crippen LogP contribution in [0.4, 0.5) is 4.79 Å². The van der Waals surface area contributed by atoms with Crippen molar-refractivity contribution in [3.05, 3.63) is 27.8 Å². The Balaban J connectivity index is 3.14. The summed E-state index contributed by atoms with van der Waals surface area (Å²) in [4.78, 5) is 10.4. The summed E-state index contributed by atoms with van der Waals surface area (Å²) in [6, 6.07) is 5.96. The second kappa shape index (κ2) is 5.37. The number of nitrogens with one attached hydrogen (secondary N) is 1. The molecule has 0 saturated carbocycles. The van der Waals surface area contributed by atoms with Gasteiger partial charge in [-0.1, -0.05) is 5.92 Å². The lowest BCUT2D eigenvalue weighted by Gasteiger charge is -2.11. The van der Waals surface area contributed by atoms with Gasteiger partial charge in [-0.3, -0.25) is 5.32 Å². The topological polar surface area (TPSA) is 83.5 Å². The van der Waals surface area contributed by atoms with Crippen molar-refractivity contribution in [3.8, 4) is 12.3 Å². The Morgan fingerprint density at radius 2 is 1.94 bits per heavy atom. The second-order valence-electron chi connectivity index (χ2n) is 3.00. The molecule has 0 heterocycles. The van der Waals surface area contributed by atoms with E-state index in [2.05, 4.69) is 0 Å². The van der Waals surface area contributed by atoms with Gasteiger partial charge in [0, 0.05) is 3.57 Å². The van der Waals surface area contributed by atoms with E-state index in [9.17, 15) is 13.2 Å². The molecule has 90 valence electrons. The summed E-state index contributed by atoms with van der Waals surface area (Å²) in [5.41, 5.74) is 0. The predicted molar refractivity (Wildman–Crippen MR) is 70.1 cm³/mol. The fourth-order valence-corrected chi connectivity index (χ4v) is 2.66. The van der Waals surface area contributed by atoms with Crippen LogP contribution in [0.15, 0.2) is 29.2 Å². The first-order valence-electron chi connectivity index (χ1n) is 4.33. The van der Waals surface area contributed by atoms with E-state index in [1.54, 1.807) is 17.4 Å². The van der Waals surface area contributed by atoms with Crippen LogP contribution < -0.4 is 5.32 Å². The fraction of sp³-hybridized carbons (Fsp3) is 0.100. The molecule has 1 amide bonds. The van der Waals surface area contributed by atoms with Gasteiger partial charge < -0.3 is 5.11 Å². The molecule has 5 nitrogen and oxygen atoms in total. The molecule has 0 aliphatic rings. The first-order chi connectivity index (χ1) is 7.87. The second-order valence-corrected chi connectivity index (χ2v) is 6.27. The molecule has 0 radical (unpaired) electrons. The Hall–Kier alpha value is -1.27. The van der Waals surface area contributed by atoms with E-state index in [-0.39, 0.29) is 4.90 Å². The van der Waals surface area contributed by atoms with E-state index >= 15 is 0 Å². The molecule has 0 aliphatic heterocycles. The zero-order chi connectivity index (χ0) is 13.1. The average molecular weight is 365 g/mol. The third-order valence-electron chi connectivity index (χ3n) is 1.86. The van der Waals surface area contributed by atoms with Gasteiger partial charge in [0.15, 0.2) is 5.37 Å². The van der Waals surface area contributed by atoms with Crippen molar-refractivity contribution >= 4 is 38.5 Å². The monoisotopic (exact) mass is 365 g/mol. The number of amides is 1. The highest BCUT2D eigenvalue weighted by Crippen LogP contribution is 2.16. The summed E-state index contributed by atoms with van der Waals surface area (Å²) in [5.74, 6) is 1.90. The van der Waals surface area contributed by atoms with Gasteiger partial charge in [0.2, 0.25) is 9.84 Å². The van der Waals surface area contributed by atoms with Crippen molar-refractivity contribution in [2.45, 2.75) is 10.3 Å². The first kappa shape index (κ1) is 13.8. The van der Waals surface area contributed by atoms with Crippen LogP contribution in [-0.2, 0) is 9.84 Å². The smallest absolute Gasteiger partial charge is 0.406 e. The summed E-state index contributed by atoms with van der Waals surface area (Å²) in [6.07, 6.45) is 3.53. The molecule has 1 aromatic carbocycles. The summed E-state index contributed by atoms with van der Waals surface area (Å²) in [7, 11) is -3.89. The van der Waals surface area contributed by atoms with Gasteiger partial charge in [-0.15, -0.1) is 6.42 Å². The van der Waals surface area contributed by atoms with Crippen molar-refractivity contribution in [1.82, 2.24) is 5.32 Å². The Bertz CT molecular complexity index is 559.